The largest absolute Gasteiger partial charge is 0.351 e. The summed E-state index contributed by atoms with van der Waals surface area (Å²) in [6.45, 7) is 2.07. The van der Waals surface area contributed by atoms with E-state index >= 15 is 0 Å². The summed E-state index contributed by atoms with van der Waals surface area (Å²) in [5.74, 6) is 0.278. The highest BCUT2D eigenvalue weighted by Crippen LogP contribution is 2.58. The second-order valence-electron chi connectivity index (χ2n) is 6.76. The van der Waals surface area contributed by atoms with Crippen LogP contribution in [-0.4, -0.2) is 29.8 Å². The molecule has 1 saturated carbocycles. The van der Waals surface area contributed by atoms with Crippen LogP contribution in [0.5, 0.6) is 0 Å². The van der Waals surface area contributed by atoms with E-state index in [9.17, 15) is 9.59 Å². The molecule has 24 heavy (non-hydrogen) atoms. The van der Waals surface area contributed by atoms with E-state index in [0.29, 0.717) is 13.1 Å². The third-order valence-corrected chi connectivity index (χ3v) is 6.09. The number of carbonyl (C=O) groups is 2. The molecule has 0 bridgehead atoms. The quantitative estimate of drug-likeness (QED) is 0.930. The molecule has 1 aromatic carbocycles. The van der Waals surface area contributed by atoms with Gasteiger partial charge in [0.15, 0.2) is 0 Å². The van der Waals surface area contributed by atoms with Crippen LogP contribution in [0, 0.1) is 11.3 Å². The number of rotatable bonds is 4. The lowest BCUT2D eigenvalue weighted by atomic mass is 10.0. The van der Waals surface area contributed by atoms with E-state index in [1.807, 2.05) is 52.7 Å². The molecule has 1 saturated heterocycles. The van der Waals surface area contributed by atoms with Crippen LogP contribution in [-0.2, 0) is 11.3 Å². The molecule has 2 aliphatic rings. The van der Waals surface area contributed by atoms with Crippen molar-refractivity contribution >= 4 is 23.2 Å². The van der Waals surface area contributed by atoms with E-state index in [-0.39, 0.29) is 23.1 Å². The number of thiophene rings is 1. The number of hydrogen-bond acceptors (Lipinski definition) is 3. The number of nitrogens with one attached hydrogen (secondary N) is 1. The maximum Gasteiger partial charge on any atom is 0.253 e. The SMILES string of the molecule is O=C(NCc1cccs1)[C@H]1C[C@]12CCN(C(=O)c1ccccc1)C2. The van der Waals surface area contributed by atoms with E-state index < -0.39 is 0 Å². The van der Waals surface area contributed by atoms with Gasteiger partial charge in [-0.3, -0.25) is 9.59 Å². The van der Waals surface area contributed by atoms with E-state index in [4.69, 9.17) is 0 Å². The first-order valence-corrected chi connectivity index (χ1v) is 9.20. The fraction of sp³-hybridized carbons (Fsp3) is 0.368. The number of hydrogen-bond donors (Lipinski definition) is 1. The zero-order valence-corrected chi connectivity index (χ0v) is 14.2. The van der Waals surface area contributed by atoms with Crippen molar-refractivity contribution in [2.24, 2.45) is 11.3 Å². The second kappa shape index (κ2) is 6.06. The minimum absolute atomic E-state index is 0.0178. The molecule has 2 fully saturated rings. The minimum atomic E-state index is 0.0178. The number of carbonyl (C=O) groups excluding carboxylic acids is 2. The number of nitrogens with zero attached hydrogens (tertiary/aromatic N) is 1. The van der Waals surface area contributed by atoms with E-state index in [0.717, 1.165) is 24.9 Å². The van der Waals surface area contributed by atoms with Gasteiger partial charge in [0.1, 0.15) is 0 Å². The lowest BCUT2D eigenvalue weighted by Gasteiger charge is -2.16. The van der Waals surface area contributed by atoms with Gasteiger partial charge in [0.05, 0.1) is 6.54 Å². The van der Waals surface area contributed by atoms with Crippen LogP contribution in [0.3, 0.4) is 0 Å². The molecular weight excluding hydrogens is 320 g/mol. The summed E-state index contributed by atoms with van der Waals surface area (Å²) in [6, 6.07) is 13.4. The zero-order valence-electron chi connectivity index (χ0n) is 13.4. The van der Waals surface area contributed by atoms with Gasteiger partial charge in [-0.2, -0.15) is 0 Å². The maximum absolute atomic E-state index is 12.5. The van der Waals surface area contributed by atoms with Crippen LogP contribution in [0.25, 0.3) is 0 Å². The van der Waals surface area contributed by atoms with E-state index in [1.54, 1.807) is 11.3 Å². The fourth-order valence-corrected chi connectivity index (χ4v) is 4.36. The molecule has 2 atom stereocenters. The highest BCUT2D eigenvalue weighted by atomic mass is 32.1. The van der Waals surface area contributed by atoms with Crippen LogP contribution >= 0.6 is 11.3 Å². The Bertz CT molecular complexity index is 744. The smallest absolute Gasteiger partial charge is 0.253 e. The monoisotopic (exact) mass is 340 g/mol. The van der Waals surface area contributed by atoms with Gasteiger partial charge in [0.25, 0.3) is 5.91 Å². The summed E-state index contributed by atoms with van der Waals surface area (Å²) in [4.78, 5) is 28.0. The Morgan fingerprint density at radius 1 is 1.21 bits per heavy atom. The Morgan fingerprint density at radius 2 is 2.04 bits per heavy atom. The predicted molar refractivity (Wildman–Crippen MR) is 93.7 cm³/mol. The zero-order chi connectivity index (χ0) is 16.6. The average molecular weight is 340 g/mol. The Morgan fingerprint density at radius 3 is 2.79 bits per heavy atom. The van der Waals surface area contributed by atoms with Gasteiger partial charge >= 0.3 is 0 Å². The molecule has 124 valence electrons. The Labute approximate surface area is 145 Å². The third kappa shape index (κ3) is 2.84. The first-order valence-electron chi connectivity index (χ1n) is 8.32. The number of amides is 2. The molecule has 1 N–H and O–H groups in total. The molecule has 2 heterocycles. The van der Waals surface area contributed by atoms with Gasteiger partial charge in [0, 0.05) is 34.9 Å². The molecule has 0 unspecified atom stereocenters. The van der Waals surface area contributed by atoms with Crippen molar-refractivity contribution in [3.05, 3.63) is 58.3 Å². The normalized spacial score (nSPS) is 25.0. The maximum atomic E-state index is 12.5. The summed E-state index contributed by atoms with van der Waals surface area (Å²) in [5, 5.41) is 5.06. The van der Waals surface area contributed by atoms with Gasteiger partial charge < -0.3 is 10.2 Å². The molecule has 4 rings (SSSR count). The number of likely N-dealkylation sites (tertiary alicyclic amines) is 1. The molecule has 4 nitrogen and oxygen atoms in total. The molecule has 2 aromatic rings. The molecular formula is C19H20N2O2S. The number of benzene rings is 1. The first kappa shape index (κ1) is 15.4. The van der Waals surface area contributed by atoms with Crippen molar-refractivity contribution in [2.75, 3.05) is 13.1 Å². The van der Waals surface area contributed by atoms with E-state index in [1.165, 1.54) is 4.88 Å². The van der Waals surface area contributed by atoms with Crippen molar-refractivity contribution in [1.29, 1.82) is 0 Å². The Balaban J connectivity index is 1.34. The summed E-state index contributed by atoms with van der Waals surface area (Å²) in [6.07, 6.45) is 1.84. The summed E-state index contributed by atoms with van der Waals surface area (Å²) in [7, 11) is 0. The molecule has 1 aliphatic carbocycles. The summed E-state index contributed by atoms with van der Waals surface area (Å²) >= 11 is 1.66. The van der Waals surface area contributed by atoms with Crippen molar-refractivity contribution in [3.8, 4) is 0 Å². The molecule has 1 aromatic heterocycles. The minimum Gasteiger partial charge on any atom is -0.351 e. The van der Waals surface area contributed by atoms with Gasteiger partial charge in [0.2, 0.25) is 5.91 Å². The van der Waals surface area contributed by atoms with Crippen LogP contribution in [0.1, 0.15) is 28.1 Å². The first-order chi connectivity index (χ1) is 11.7. The predicted octanol–water partition coefficient (Wildman–Crippen LogP) is 2.92. The van der Waals surface area contributed by atoms with Crippen molar-refractivity contribution in [2.45, 2.75) is 19.4 Å². The Hall–Kier alpha value is -2.14. The third-order valence-electron chi connectivity index (χ3n) is 5.22. The van der Waals surface area contributed by atoms with Crippen molar-refractivity contribution < 1.29 is 9.59 Å². The molecule has 5 heteroatoms. The lowest BCUT2D eigenvalue weighted by Crippen LogP contribution is -2.31. The van der Waals surface area contributed by atoms with Gasteiger partial charge in [-0.25, -0.2) is 0 Å². The van der Waals surface area contributed by atoms with Gasteiger partial charge in [-0.1, -0.05) is 24.3 Å². The van der Waals surface area contributed by atoms with Crippen LogP contribution in [0.4, 0.5) is 0 Å². The summed E-state index contributed by atoms with van der Waals surface area (Å²) in [5.41, 5.74) is 0.748. The fourth-order valence-electron chi connectivity index (χ4n) is 3.71. The molecule has 0 radical (unpaired) electrons. The van der Waals surface area contributed by atoms with Crippen LogP contribution < -0.4 is 5.32 Å². The highest BCUT2D eigenvalue weighted by Gasteiger charge is 2.61. The lowest BCUT2D eigenvalue weighted by molar-refractivity contribution is -0.123. The van der Waals surface area contributed by atoms with Crippen LogP contribution in [0.15, 0.2) is 47.8 Å². The molecule has 2 amide bonds. The topological polar surface area (TPSA) is 49.4 Å². The summed E-state index contributed by atoms with van der Waals surface area (Å²) < 4.78 is 0. The average Bonchev–Trinajstić information content (AvgIpc) is 2.95. The van der Waals surface area contributed by atoms with Crippen LogP contribution in [0.2, 0.25) is 0 Å². The standard InChI is InChI=1S/C19H20N2O2S/c22-17(20-12-15-7-4-10-24-15)16-11-19(16)8-9-21(13-19)18(23)14-5-2-1-3-6-14/h1-7,10,16H,8-9,11-13H2,(H,20,22)/t16-,19+/m1/s1. The van der Waals surface area contributed by atoms with Gasteiger partial charge in [-0.05, 0) is 36.4 Å². The second-order valence-corrected chi connectivity index (χ2v) is 7.79. The van der Waals surface area contributed by atoms with E-state index in [2.05, 4.69) is 5.32 Å². The molecule has 1 spiro atoms. The Kier molecular flexibility index (Phi) is 3.88. The van der Waals surface area contributed by atoms with Crippen molar-refractivity contribution in [3.63, 3.8) is 0 Å². The highest BCUT2D eigenvalue weighted by molar-refractivity contribution is 7.09. The molecule has 1 aliphatic heterocycles. The van der Waals surface area contributed by atoms with Gasteiger partial charge in [-0.15, -0.1) is 11.3 Å². The van der Waals surface area contributed by atoms with Crippen molar-refractivity contribution in [1.82, 2.24) is 10.2 Å².